The highest BCUT2D eigenvalue weighted by atomic mass is 32.2. The SMILES string of the molecule is C=CCOc1ccc(/C=N\NC(=O)CN(c2ccc(C)c(C)c2)S(C)(=O)=O)cc1. The first-order valence-electron chi connectivity index (χ1n) is 8.91. The van der Waals surface area contributed by atoms with Gasteiger partial charge in [-0.15, -0.1) is 0 Å². The molecule has 0 saturated carbocycles. The third-order valence-electron chi connectivity index (χ3n) is 4.12. The quantitative estimate of drug-likeness (QED) is 0.388. The summed E-state index contributed by atoms with van der Waals surface area (Å²) >= 11 is 0. The zero-order valence-corrected chi connectivity index (χ0v) is 17.6. The van der Waals surface area contributed by atoms with E-state index >= 15 is 0 Å². The Balaban J connectivity index is 2.02. The van der Waals surface area contributed by atoms with Crippen LogP contribution in [0.5, 0.6) is 5.75 Å². The number of hydrogen-bond acceptors (Lipinski definition) is 5. The molecule has 1 N–H and O–H groups in total. The van der Waals surface area contributed by atoms with Gasteiger partial charge in [-0.3, -0.25) is 9.10 Å². The first-order chi connectivity index (χ1) is 13.7. The fourth-order valence-corrected chi connectivity index (χ4v) is 3.28. The van der Waals surface area contributed by atoms with Crippen LogP contribution in [-0.4, -0.2) is 39.9 Å². The first-order valence-corrected chi connectivity index (χ1v) is 10.8. The van der Waals surface area contributed by atoms with E-state index in [9.17, 15) is 13.2 Å². The number of nitrogens with zero attached hydrogens (tertiary/aromatic N) is 2. The molecule has 8 heteroatoms. The van der Waals surface area contributed by atoms with Crippen LogP contribution in [0.3, 0.4) is 0 Å². The standard InChI is InChI=1S/C21H25N3O4S/c1-5-12-28-20-10-7-18(8-11-20)14-22-23-21(25)15-24(29(4,26)27)19-9-6-16(2)17(3)13-19/h5-11,13-14H,1,12,15H2,2-4H3,(H,23,25)/b22-14-. The summed E-state index contributed by atoms with van der Waals surface area (Å²) in [7, 11) is -3.63. The monoisotopic (exact) mass is 415 g/mol. The minimum Gasteiger partial charge on any atom is -0.490 e. The smallest absolute Gasteiger partial charge is 0.260 e. The van der Waals surface area contributed by atoms with Crippen LogP contribution < -0.4 is 14.5 Å². The first kappa shape index (κ1) is 22.2. The highest BCUT2D eigenvalue weighted by Crippen LogP contribution is 2.21. The normalized spacial score (nSPS) is 11.3. The molecule has 0 aromatic heterocycles. The topological polar surface area (TPSA) is 88.1 Å². The molecule has 0 radical (unpaired) electrons. The van der Waals surface area contributed by atoms with Crippen LogP contribution in [0.15, 0.2) is 60.2 Å². The fraction of sp³-hybridized carbons (Fsp3) is 0.238. The number of benzene rings is 2. The van der Waals surface area contributed by atoms with E-state index in [-0.39, 0.29) is 6.54 Å². The number of sulfonamides is 1. The van der Waals surface area contributed by atoms with E-state index in [1.807, 2.05) is 19.9 Å². The molecule has 0 fully saturated rings. The average molecular weight is 416 g/mol. The van der Waals surface area contributed by atoms with E-state index in [4.69, 9.17) is 4.74 Å². The number of anilines is 1. The van der Waals surface area contributed by atoms with Crippen molar-refractivity contribution >= 4 is 27.8 Å². The number of amides is 1. The van der Waals surface area contributed by atoms with Crippen molar-refractivity contribution in [3.8, 4) is 5.75 Å². The number of aryl methyl sites for hydroxylation is 2. The molecule has 0 atom stereocenters. The molecule has 0 aliphatic rings. The minimum atomic E-state index is -3.63. The Morgan fingerprint density at radius 3 is 2.45 bits per heavy atom. The van der Waals surface area contributed by atoms with Gasteiger partial charge in [0.2, 0.25) is 10.0 Å². The van der Waals surface area contributed by atoms with Gasteiger partial charge in [-0.2, -0.15) is 5.10 Å². The molecule has 7 nitrogen and oxygen atoms in total. The van der Waals surface area contributed by atoms with Crippen molar-refractivity contribution < 1.29 is 17.9 Å². The zero-order chi connectivity index (χ0) is 21.4. The third kappa shape index (κ3) is 6.76. The Morgan fingerprint density at radius 2 is 1.86 bits per heavy atom. The number of hydrogen-bond donors (Lipinski definition) is 1. The molecule has 0 unspecified atom stereocenters. The second kappa shape index (κ2) is 9.88. The van der Waals surface area contributed by atoms with Gasteiger partial charge in [0, 0.05) is 0 Å². The highest BCUT2D eigenvalue weighted by Gasteiger charge is 2.21. The molecule has 2 rings (SSSR count). The molecule has 0 heterocycles. The number of hydrazone groups is 1. The molecular formula is C21H25N3O4S. The van der Waals surface area contributed by atoms with E-state index in [1.165, 1.54) is 6.21 Å². The molecule has 2 aromatic rings. The van der Waals surface area contributed by atoms with Crippen molar-refractivity contribution in [3.63, 3.8) is 0 Å². The van der Waals surface area contributed by atoms with Gasteiger partial charge in [0.25, 0.3) is 5.91 Å². The van der Waals surface area contributed by atoms with E-state index in [1.54, 1.807) is 42.5 Å². The summed E-state index contributed by atoms with van der Waals surface area (Å²) in [4.78, 5) is 12.2. The second-order valence-electron chi connectivity index (χ2n) is 6.50. The van der Waals surface area contributed by atoms with Gasteiger partial charge >= 0.3 is 0 Å². The number of carbonyl (C=O) groups excluding carboxylic acids is 1. The number of nitrogens with one attached hydrogen (secondary N) is 1. The van der Waals surface area contributed by atoms with Gasteiger partial charge in [-0.05, 0) is 66.9 Å². The van der Waals surface area contributed by atoms with E-state index in [2.05, 4.69) is 17.1 Å². The average Bonchev–Trinajstić information content (AvgIpc) is 2.67. The van der Waals surface area contributed by atoms with Gasteiger partial charge < -0.3 is 4.74 Å². The minimum absolute atomic E-state index is 0.368. The Bertz CT molecular complexity index is 999. The molecule has 0 bridgehead atoms. The number of ether oxygens (including phenoxy) is 1. The highest BCUT2D eigenvalue weighted by molar-refractivity contribution is 7.92. The van der Waals surface area contributed by atoms with Gasteiger partial charge in [-0.25, -0.2) is 13.8 Å². The molecule has 2 aromatic carbocycles. The van der Waals surface area contributed by atoms with Crippen molar-refractivity contribution in [2.75, 3.05) is 23.7 Å². The summed E-state index contributed by atoms with van der Waals surface area (Å²) in [6.07, 6.45) is 4.19. The van der Waals surface area contributed by atoms with Crippen LogP contribution in [0.4, 0.5) is 5.69 Å². The van der Waals surface area contributed by atoms with Gasteiger partial charge in [0.1, 0.15) is 18.9 Å². The summed E-state index contributed by atoms with van der Waals surface area (Å²) in [5.41, 5.74) is 5.53. The molecule has 154 valence electrons. The summed E-state index contributed by atoms with van der Waals surface area (Å²) < 4.78 is 30.8. The number of rotatable bonds is 9. The zero-order valence-electron chi connectivity index (χ0n) is 16.8. The lowest BCUT2D eigenvalue weighted by Crippen LogP contribution is -2.39. The molecule has 0 spiro atoms. The van der Waals surface area contributed by atoms with Crippen LogP contribution in [0, 0.1) is 13.8 Å². The summed E-state index contributed by atoms with van der Waals surface area (Å²) in [5.74, 6) is 0.152. The molecule has 0 aliphatic carbocycles. The largest absolute Gasteiger partial charge is 0.490 e. The van der Waals surface area contributed by atoms with Crippen LogP contribution in [-0.2, 0) is 14.8 Å². The molecular weight excluding hydrogens is 390 g/mol. The predicted octanol–water partition coefficient (Wildman–Crippen LogP) is 2.78. The van der Waals surface area contributed by atoms with E-state index < -0.39 is 15.9 Å². The van der Waals surface area contributed by atoms with Crippen molar-refractivity contribution in [1.82, 2.24) is 5.43 Å². The lowest BCUT2D eigenvalue weighted by molar-refractivity contribution is -0.119. The molecule has 0 saturated heterocycles. The molecule has 0 aliphatic heterocycles. The summed E-state index contributed by atoms with van der Waals surface area (Å²) in [5, 5.41) is 3.89. The second-order valence-corrected chi connectivity index (χ2v) is 8.41. The van der Waals surface area contributed by atoms with Crippen LogP contribution in [0.25, 0.3) is 0 Å². The van der Waals surface area contributed by atoms with E-state index in [0.717, 1.165) is 27.3 Å². The van der Waals surface area contributed by atoms with Crippen LogP contribution in [0.1, 0.15) is 16.7 Å². The van der Waals surface area contributed by atoms with Gasteiger partial charge in [0.15, 0.2) is 0 Å². The Hall–Kier alpha value is -3.13. The third-order valence-corrected chi connectivity index (χ3v) is 5.26. The van der Waals surface area contributed by atoms with Crippen LogP contribution >= 0.6 is 0 Å². The predicted molar refractivity (Wildman–Crippen MR) is 116 cm³/mol. The Labute approximate surface area is 171 Å². The Kier molecular flexibility index (Phi) is 7.55. The van der Waals surface area contributed by atoms with Crippen LogP contribution in [0.2, 0.25) is 0 Å². The molecule has 1 amide bonds. The lowest BCUT2D eigenvalue weighted by atomic mass is 10.1. The Morgan fingerprint density at radius 1 is 1.17 bits per heavy atom. The summed E-state index contributed by atoms with van der Waals surface area (Å²) in [6, 6.07) is 12.4. The fourth-order valence-electron chi connectivity index (χ4n) is 2.43. The van der Waals surface area contributed by atoms with Gasteiger partial charge in [-0.1, -0.05) is 18.7 Å². The number of carbonyl (C=O) groups is 1. The lowest BCUT2D eigenvalue weighted by Gasteiger charge is -2.22. The van der Waals surface area contributed by atoms with Gasteiger partial charge in [0.05, 0.1) is 18.2 Å². The molecule has 29 heavy (non-hydrogen) atoms. The van der Waals surface area contributed by atoms with Crippen molar-refractivity contribution in [3.05, 3.63) is 71.8 Å². The van der Waals surface area contributed by atoms with E-state index in [0.29, 0.717) is 18.0 Å². The summed E-state index contributed by atoms with van der Waals surface area (Å²) in [6.45, 7) is 7.46. The maximum atomic E-state index is 12.2. The van der Waals surface area contributed by atoms with Crippen molar-refractivity contribution in [2.45, 2.75) is 13.8 Å². The maximum absolute atomic E-state index is 12.2. The van der Waals surface area contributed by atoms with Crippen molar-refractivity contribution in [2.24, 2.45) is 5.10 Å². The van der Waals surface area contributed by atoms with Crippen molar-refractivity contribution in [1.29, 1.82) is 0 Å². The maximum Gasteiger partial charge on any atom is 0.260 e.